The van der Waals surface area contributed by atoms with Gasteiger partial charge in [0.15, 0.2) is 0 Å². The largest absolute Gasteiger partial charge is 0.393 e. The first-order chi connectivity index (χ1) is 7.13. The van der Waals surface area contributed by atoms with Gasteiger partial charge in [-0.25, -0.2) is 0 Å². The van der Waals surface area contributed by atoms with Gasteiger partial charge >= 0.3 is 0 Å². The van der Waals surface area contributed by atoms with Gasteiger partial charge in [0.25, 0.3) is 0 Å². The van der Waals surface area contributed by atoms with E-state index < -0.39 is 0 Å². The standard InChI is InChI=1S/C11H22N2O2/c1-2-10(12)11(15)13-7-8-3-5-9(14)6-4-8/h8-10,14H,2-7,12H2,1H3,(H,13,15). The van der Waals surface area contributed by atoms with Gasteiger partial charge in [0.1, 0.15) is 0 Å². The first kappa shape index (κ1) is 12.5. The highest BCUT2D eigenvalue weighted by atomic mass is 16.3. The second-order valence-electron chi connectivity index (χ2n) is 4.43. The van der Waals surface area contributed by atoms with Crippen molar-refractivity contribution in [2.45, 2.75) is 51.2 Å². The lowest BCUT2D eigenvalue weighted by Crippen LogP contribution is -2.42. The molecule has 1 unspecified atom stereocenters. The number of aliphatic hydroxyl groups is 1. The molecule has 1 saturated carbocycles. The highest BCUT2D eigenvalue weighted by Gasteiger charge is 2.20. The Morgan fingerprint density at radius 3 is 2.60 bits per heavy atom. The molecule has 0 bridgehead atoms. The van der Waals surface area contributed by atoms with Crippen LogP contribution in [0.5, 0.6) is 0 Å². The fourth-order valence-corrected chi connectivity index (χ4v) is 1.91. The molecule has 88 valence electrons. The van der Waals surface area contributed by atoms with E-state index in [4.69, 9.17) is 5.73 Å². The Kier molecular flexibility index (Phi) is 5.05. The van der Waals surface area contributed by atoms with E-state index >= 15 is 0 Å². The average molecular weight is 214 g/mol. The molecule has 1 fully saturated rings. The molecule has 1 rings (SSSR count). The SMILES string of the molecule is CCC(N)C(=O)NCC1CCC(O)CC1. The van der Waals surface area contributed by atoms with Crippen LogP contribution in [0, 0.1) is 5.92 Å². The molecule has 1 aliphatic carbocycles. The van der Waals surface area contributed by atoms with E-state index in [1.807, 2.05) is 6.92 Å². The number of hydrogen-bond acceptors (Lipinski definition) is 3. The van der Waals surface area contributed by atoms with Crippen molar-refractivity contribution in [1.82, 2.24) is 5.32 Å². The molecule has 1 atom stereocenters. The molecule has 0 spiro atoms. The first-order valence-electron chi connectivity index (χ1n) is 5.84. The summed E-state index contributed by atoms with van der Waals surface area (Å²) in [6.07, 6.45) is 4.27. The summed E-state index contributed by atoms with van der Waals surface area (Å²) in [6.45, 7) is 2.61. The van der Waals surface area contributed by atoms with Crippen LogP contribution >= 0.6 is 0 Å². The van der Waals surface area contributed by atoms with Crippen LogP contribution < -0.4 is 11.1 Å². The summed E-state index contributed by atoms with van der Waals surface area (Å²) in [6, 6.07) is -0.376. The van der Waals surface area contributed by atoms with E-state index in [1.165, 1.54) is 0 Å². The van der Waals surface area contributed by atoms with Gasteiger partial charge in [0, 0.05) is 6.54 Å². The van der Waals surface area contributed by atoms with Gasteiger partial charge in [0.05, 0.1) is 12.1 Å². The van der Waals surface area contributed by atoms with Crippen LogP contribution in [0.2, 0.25) is 0 Å². The minimum absolute atomic E-state index is 0.0522. The summed E-state index contributed by atoms with van der Waals surface area (Å²) in [4.78, 5) is 11.4. The monoisotopic (exact) mass is 214 g/mol. The molecule has 0 aromatic carbocycles. The van der Waals surface area contributed by atoms with Crippen LogP contribution in [-0.2, 0) is 4.79 Å². The van der Waals surface area contributed by atoms with Crippen LogP contribution in [-0.4, -0.2) is 29.7 Å². The summed E-state index contributed by atoms with van der Waals surface area (Å²) in [5.41, 5.74) is 5.60. The van der Waals surface area contributed by atoms with Crippen LogP contribution in [0.4, 0.5) is 0 Å². The minimum atomic E-state index is -0.376. The number of nitrogens with two attached hydrogens (primary N) is 1. The number of rotatable bonds is 4. The summed E-state index contributed by atoms with van der Waals surface area (Å²) >= 11 is 0. The second-order valence-corrected chi connectivity index (χ2v) is 4.43. The third-order valence-electron chi connectivity index (χ3n) is 3.16. The van der Waals surface area contributed by atoms with Crippen molar-refractivity contribution >= 4 is 5.91 Å². The Hall–Kier alpha value is -0.610. The lowest BCUT2D eigenvalue weighted by atomic mass is 9.87. The zero-order chi connectivity index (χ0) is 11.3. The van der Waals surface area contributed by atoms with Crippen molar-refractivity contribution in [3.63, 3.8) is 0 Å². The molecule has 0 aromatic heterocycles. The smallest absolute Gasteiger partial charge is 0.236 e. The molecule has 1 aliphatic rings. The van der Waals surface area contributed by atoms with Crippen molar-refractivity contribution < 1.29 is 9.90 Å². The summed E-state index contributed by atoms with van der Waals surface area (Å²) in [7, 11) is 0. The van der Waals surface area contributed by atoms with Gasteiger partial charge in [-0.3, -0.25) is 4.79 Å². The van der Waals surface area contributed by atoms with Crippen LogP contribution in [0.15, 0.2) is 0 Å². The van der Waals surface area contributed by atoms with Crippen molar-refractivity contribution in [2.24, 2.45) is 11.7 Å². The molecular weight excluding hydrogens is 192 g/mol. The van der Waals surface area contributed by atoms with Gasteiger partial charge < -0.3 is 16.2 Å². The molecule has 4 heteroatoms. The van der Waals surface area contributed by atoms with Gasteiger partial charge in [-0.1, -0.05) is 6.92 Å². The minimum Gasteiger partial charge on any atom is -0.393 e. The lowest BCUT2D eigenvalue weighted by Gasteiger charge is -2.25. The third-order valence-corrected chi connectivity index (χ3v) is 3.16. The number of hydrogen-bond donors (Lipinski definition) is 3. The van der Waals surface area contributed by atoms with E-state index in [0.717, 1.165) is 25.7 Å². The number of nitrogens with one attached hydrogen (secondary N) is 1. The van der Waals surface area contributed by atoms with Crippen LogP contribution in [0.3, 0.4) is 0 Å². The van der Waals surface area contributed by atoms with E-state index in [1.54, 1.807) is 0 Å². The summed E-state index contributed by atoms with van der Waals surface area (Å²) < 4.78 is 0. The lowest BCUT2D eigenvalue weighted by molar-refractivity contribution is -0.122. The predicted octanol–water partition coefficient (Wildman–Crippen LogP) is 0.391. The third kappa shape index (κ3) is 4.18. The average Bonchev–Trinajstić information content (AvgIpc) is 2.26. The van der Waals surface area contributed by atoms with Crippen molar-refractivity contribution in [2.75, 3.05) is 6.54 Å². The maximum Gasteiger partial charge on any atom is 0.236 e. The number of amides is 1. The summed E-state index contributed by atoms with van der Waals surface area (Å²) in [5, 5.41) is 12.2. The van der Waals surface area contributed by atoms with E-state index in [9.17, 15) is 9.90 Å². The van der Waals surface area contributed by atoms with E-state index in [2.05, 4.69) is 5.32 Å². The molecular formula is C11H22N2O2. The highest BCUT2D eigenvalue weighted by Crippen LogP contribution is 2.23. The second kappa shape index (κ2) is 6.08. The molecule has 15 heavy (non-hydrogen) atoms. The molecule has 4 N–H and O–H groups in total. The first-order valence-corrected chi connectivity index (χ1v) is 5.84. The number of aliphatic hydroxyl groups excluding tert-OH is 1. The predicted molar refractivity (Wildman–Crippen MR) is 59.2 cm³/mol. The Morgan fingerprint density at radius 2 is 2.07 bits per heavy atom. The van der Waals surface area contributed by atoms with Crippen LogP contribution in [0.1, 0.15) is 39.0 Å². The molecule has 0 aromatic rings. The molecule has 4 nitrogen and oxygen atoms in total. The Bertz CT molecular complexity index is 201. The molecule has 1 amide bonds. The fraction of sp³-hybridized carbons (Fsp3) is 0.909. The molecule has 0 radical (unpaired) electrons. The zero-order valence-corrected chi connectivity index (χ0v) is 9.41. The van der Waals surface area contributed by atoms with Crippen molar-refractivity contribution in [1.29, 1.82) is 0 Å². The maximum atomic E-state index is 11.4. The number of carbonyl (C=O) groups excluding carboxylic acids is 1. The van der Waals surface area contributed by atoms with Gasteiger partial charge in [-0.15, -0.1) is 0 Å². The molecule has 0 heterocycles. The Morgan fingerprint density at radius 1 is 1.47 bits per heavy atom. The van der Waals surface area contributed by atoms with Crippen molar-refractivity contribution in [3.05, 3.63) is 0 Å². The maximum absolute atomic E-state index is 11.4. The Balaban J connectivity index is 2.17. The molecule has 0 saturated heterocycles. The van der Waals surface area contributed by atoms with Gasteiger partial charge in [-0.05, 0) is 38.0 Å². The normalized spacial score (nSPS) is 28.5. The molecule has 0 aliphatic heterocycles. The zero-order valence-electron chi connectivity index (χ0n) is 9.41. The topological polar surface area (TPSA) is 75.4 Å². The number of carbonyl (C=O) groups is 1. The van der Waals surface area contributed by atoms with Crippen molar-refractivity contribution in [3.8, 4) is 0 Å². The highest BCUT2D eigenvalue weighted by molar-refractivity contribution is 5.81. The quantitative estimate of drug-likeness (QED) is 0.633. The Labute approximate surface area is 91.2 Å². The fourth-order valence-electron chi connectivity index (χ4n) is 1.91. The van der Waals surface area contributed by atoms with Crippen LogP contribution in [0.25, 0.3) is 0 Å². The van der Waals surface area contributed by atoms with E-state index in [0.29, 0.717) is 18.9 Å². The van der Waals surface area contributed by atoms with Gasteiger partial charge in [0.2, 0.25) is 5.91 Å². The van der Waals surface area contributed by atoms with Gasteiger partial charge in [-0.2, -0.15) is 0 Å². The van der Waals surface area contributed by atoms with E-state index in [-0.39, 0.29) is 18.1 Å². The summed E-state index contributed by atoms with van der Waals surface area (Å²) in [5.74, 6) is 0.463.